The highest BCUT2D eigenvalue weighted by Gasteiger charge is 2.42. The molecule has 2 fully saturated rings. The third kappa shape index (κ3) is 7.12. The third-order valence-electron chi connectivity index (χ3n) is 12.8. The number of H-pyrrole nitrogens is 2. The van der Waals surface area contributed by atoms with Gasteiger partial charge < -0.3 is 39.3 Å². The first-order valence-corrected chi connectivity index (χ1v) is 20.6. The van der Waals surface area contributed by atoms with Crippen LogP contribution >= 0.6 is 0 Å². The maximum atomic E-state index is 14.0. The van der Waals surface area contributed by atoms with Gasteiger partial charge in [-0.3, -0.25) is 14.4 Å². The van der Waals surface area contributed by atoms with Gasteiger partial charge in [0, 0.05) is 56.5 Å². The van der Waals surface area contributed by atoms with Crippen LogP contribution in [0.5, 0.6) is 5.75 Å². The predicted octanol–water partition coefficient (Wildman–Crippen LogP) is 7.09. The maximum Gasteiger partial charge on any atom is 0.248 e. The Bertz CT molecular complexity index is 2370. The van der Waals surface area contributed by atoms with E-state index in [9.17, 15) is 14.4 Å². The summed E-state index contributed by atoms with van der Waals surface area (Å²) in [6.07, 6.45) is 3.75. The molecule has 2 aromatic heterocycles. The van der Waals surface area contributed by atoms with Gasteiger partial charge >= 0.3 is 0 Å². The fraction of sp³-hybridized carbons (Fsp3) is 0.489. The first-order chi connectivity index (χ1) is 27.9. The normalized spacial score (nSPS) is 21.9. The standard InChI is InChI=1S/C45H55N7O6/c1-23(2)25(4)44(54)51-20-28(21-56-7)15-38(51)42-46-19-36(49-42)30-10-12-32-31(16-30)22-58-39-18-33-29(17-34(32)39)11-13-35-41(33)50-43(48-35)37-14-9-24(3)52(37)45(55)40(26(5)57-8)47-27(6)53/h10-13,16-19,23-26,28,37-38,40H,9,14-15,20-22H2,1-8H3,(H,46,49)(H,47,53)(H,48,50)/t24-,25-,26+,28-,37-,38-,40-/m0/s1. The quantitative estimate of drug-likeness (QED) is 0.128. The first kappa shape index (κ1) is 39.6. The number of imidazole rings is 2. The average molecular weight is 790 g/mol. The van der Waals surface area contributed by atoms with Gasteiger partial charge in [0.1, 0.15) is 30.0 Å². The molecule has 8 rings (SSSR count). The molecule has 3 amide bonds. The topological polar surface area (TPSA) is 155 Å². The van der Waals surface area contributed by atoms with Crippen molar-refractivity contribution in [2.24, 2.45) is 17.8 Å². The molecule has 0 radical (unpaired) electrons. The molecular formula is C45H55N7O6. The minimum atomic E-state index is -0.803. The summed E-state index contributed by atoms with van der Waals surface area (Å²) in [5, 5.41) is 4.84. The smallest absolute Gasteiger partial charge is 0.248 e. The van der Waals surface area contributed by atoms with Crippen LogP contribution in [0.3, 0.4) is 0 Å². The number of fused-ring (bicyclic) bond motifs is 6. The molecule has 13 nitrogen and oxygen atoms in total. The van der Waals surface area contributed by atoms with Gasteiger partial charge in [-0.2, -0.15) is 0 Å². The van der Waals surface area contributed by atoms with Crippen LogP contribution in [0.4, 0.5) is 0 Å². The number of likely N-dealkylation sites (tertiary alicyclic amines) is 2. The van der Waals surface area contributed by atoms with E-state index in [-0.39, 0.29) is 53.6 Å². The van der Waals surface area contributed by atoms with Gasteiger partial charge in [-0.1, -0.05) is 39.0 Å². The van der Waals surface area contributed by atoms with E-state index in [0.29, 0.717) is 19.8 Å². The van der Waals surface area contributed by atoms with E-state index in [1.54, 1.807) is 21.1 Å². The SMILES string of the molecule is COC[C@H]1C[C@@H](c2ncc(-c3ccc4c(c3)COc3cc5c(ccc6nc([C@@H]7CC[C@H](C)N7C(=O)[C@@H](NC(C)=O)[C@@H](C)OC)[nH]c65)cc3-4)[nH]2)N(C(=O)[C@@H](C)C(C)C)C1. The van der Waals surface area contributed by atoms with Crippen LogP contribution in [0.1, 0.15) is 90.1 Å². The first-order valence-electron chi connectivity index (χ1n) is 20.6. The van der Waals surface area contributed by atoms with Gasteiger partial charge in [-0.25, -0.2) is 9.97 Å². The zero-order valence-electron chi connectivity index (χ0n) is 34.7. The average Bonchev–Trinajstić information content (AvgIpc) is 4.03. The molecule has 0 saturated carbocycles. The fourth-order valence-corrected chi connectivity index (χ4v) is 9.14. The second-order valence-electron chi connectivity index (χ2n) is 16.9. The van der Waals surface area contributed by atoms with E-state index in [4.69, 9.17) is 24.2 Å². The number of amides is 3. The van der Waals surface area contributed by atoms with Crippen LogP contribution < -0.4 is 10.1 Å². The summed E-state index contributed by atoms with van der Waals surface area (Å²) in [4.78, 5) is 60.4. The Morgan fingerprint density at radius 1 is 0.966 bits per heavy atom. The summed E-state index contributed by atoms with van der Waals surface area (Å²) < 4.78 is 17.4. The molecule has 3 aliphatic heterocycles. The number of carbonyl (C=O) groups is 3. The van der Waals surface area contributed by atoms with Crippen molar-refractivity contribution >= 4 is 39.5 Å². The Hall–Kier alpha value is -5.27. The zero-order chi connectivity index (χ0) is 41.0. The number of ether oxygens (including phenoxy) is 3. The number of methoxy groups -OCH3 is 2. The molecule has 3 aromatic carbocycles. The Labute approximate surface area is 339 Å². The van der Waals surface area contributed by atoms with Crippen LogP contribution in [0.15, 0.2) is 48.7 Å². The van der Waals surface area contributed by atoms with Crippen LogP contribution in [0.2, 0.25) is 0 Å². The monoisotopic (exact) mass is 789 g/mol. The minimum Gasteiger partial charge on any atom is -0.488 e. The zero-order valence-corrected chi connectivity index (χ0v) is 34.7. The lowest BCUT2D eigenvalue weighted by molar-refractivity contribution is -0.142. The fourth-order valence-electron chi connectivity index (χ4n) is 9.14. The molecule has 7 atom stereocenters. The number of carbonyl (C=O) groups excluding carboxylic acids is 3. The number of nitrogens with one attached hydrogen (secondary N) is 3. The van der Waals surface area contributed by atoms with E-state index >= 15 is 0 Å². The van der Waals surface area contributed by atoms with Crippen molar-refractivity contribution in [2.75, 3.05) is 27.4 Å². The molecule has 3 aliphatic rings. The maximum absolute atomic E-state index is 14.0. The number of hydrogen-bond acceptors (Lipinski definition) is 8. The molecule has 5 heterocycles. The van der Waals surface area contributed by atoms with Crippen molar-refractivity contribution in [3.05, 3.63) is 65.9 Å². The molecule has 5 aromatic rings. The molecule has 0 bridgehead atoms. The van der Waals surface area contributed by atoms with Crippen molar-refractivity contribution in [2.45, 2.75) is 97.7 Å². The van der Waals surface area contributed by atoms with E-state index in [0.717, 1.165) is 86.4 Å². The minimum absolute atomic E-state index is 0.0280. The number of hydrogen-bond donors (Lipinski definition) is 3. The largest absolute Gasteiger partial charge is 0.488 e. The molecule has 0 spiro atoms. The summed E-state index contributed by atoms with van der Waals surface area (Å²) >= 11 is 0. The van der Waals surface area contributed by atoms with E-state index in [1.165, 1.54) is 6.92 Å². The molecular weight excluding hydrogens is 735 g/mol. The lowest BCUT2D eigenvalue weighted by Gasteiger charge is -2.33. The second-order valence-corrected chi connectivity index (χ2v) is 16.9. The number of rotatable bonds is 11. The Morgan fingerprint density at radius 2 is 1.78 bits per heavy atom. The molecule has 306 valence electrons. The second kappa shape index (κ2) is 15.8. The van der Waals surface area contributed by atoms with Crippen LogP contribution in [-0.2, 0) is 30.5 Å². The number of nitrogens with zero attached hydrogens (tertiary/aromatic N) is 4. The lowest BCUT2D eigenvalue weighted by atomic mass is 9.92. The predicted molar refractivity (Wildman–Crippen MR) is 222 cm³/mol. The van der Waals surface area contributed by atoms with Gasteiger partial charge in [-0.15, -0.1) is 0 Å². The Kier molecular flexibility index (Phi) is 10.8. The Balaban J connectivity index is 1.06. The molecule has 13 heteroatoms. The van der Waals surface area contributed by atoms with Crippen molar-refractivity contribution in [3.8, 4) is 28.1 Å². The van der Waals surface area contributed by atoms with E-state index < -0.39 is 12.1 Å². The van der Waals surface area contributed by atoms with Gasteiger partial charge in [0.05, 0.1) is 47.7 Å². The highest BCUT2D eigenvalue weighted by atomic mass is 16.5. The van der Waals surface area contributed by atoms with Gasteiger partial charge in [0.15, 0.2) is 0 Å². The van der Waals surface area contributed by atoms with Crippen molar-refractivity contribution < 1.29 is 28.6 Å². The third-order valence-corrected chi connectivity index (χ3v) is 12.8. The molecule has 2 saturated heterocycles. The van der Waals surface area contributed by atoms with Crippen molar-refractivity contribution in [3.63, 3.8) is 0 Å². The van der Waals surface area contributed by atoms with Crippen LogP contribution in [0, 0.1) is 17.8 Å². The highest BCUT2D eigenvalue weighted by molar-refractivity contribution is 6.07. The van der Waals surface area contributed by atoms with Crippen molar-refractivity contribution in [1.82, 2.24) is 35.1 Å². The van der Waals surface area contributed by atoms with Gasteiger partial charge in [0.2, 0.25) is 17.7 Å². The van der Waals surface area contributed by atoms with Crippen LogP contribution in [0.25, 0.3) is 44.2 Å². The van der Waals surface area contributed by atoms with Crippen LogP contribution in [-0.4, -0.2) is 93.0 Å². The summed E-state index contributed by atoms with van der Waals surface area (Å²) in [6.45, 7) is 13.1. The van der Waals surface area contributed by atoms with E-state index in [2.05, 4.69) is 65.5 Å². The number of aromatic nitrogens is 4. The summed E-state index contributed by atoms with van der Waals surface area (Å²) in [5.41, 5.74) is 6.82. The van der Waals surface area contributed by atoms with Gasteiger partial charge in [-0.05, 0) is 85.4 Å². The summed E-state index contributed by atoms with van der Waals surface area (Å²) in [7, 11) is 3.25. The number of benzene rings is 3. The number of aromatic amines is 2. The molecule has 58 heavy (non-hydrogen) atoms. The molecule has 0 aliphatic carbocycles. The summed E-state index contributed by atoms with van der Waals surface area (Å²) in [5.74, 6) is 2.45. The Morgan fingerprint density at radius 3 is 2.52 bits per heavy atom. The molecule has 0 unspecified atom stereocenters. The lowest BCUT2D eigenvalue weighted by Crippen LogP contribution is -2.54. The molecule has 3 N–H and O–H groups in total. The van der Waals surface area contributed by atoms with Crippen molar-refractivity contribution in [1.29, 1.82) is 0 Å². The summed E-state index contributed by atoms with van der Waals surface area (Å²) in [6, 6.07) is 13.6. The highest BCUT2D eigenvalue weighted by Crippen LogP contribution is 2.44. The van der Waals surface area contributed by atoms with E-state index in [1.807, 2.05) is 35.9 Å². The van der Waals surface area contributed by atoms with Gasteiger partial charge in [0.25, 0.3) is 0 Å².